The number of ether oxygens (including phenoxy) is 2. The van der Waals surface area contributed by atoms with E-state index in [1.165, 1.54) is 0 Å². The van der Waals surface area contributed by atoms with Gasteiger partial charge in [0.1, 0.15) is 5.75 Å². The number of methoxy groups -OCH3 is 1. The first-order valence-corrected chi connectivity index (χ1v) is 10.3. The third-order valence-corrected chi connectivity index (χ3v) is 5.63. The van der Waals surface area contributed by atoms with Crippen LogP contribution in [0.4, 0.5) is 0 Å². The van der Waals surface area contributed by atoms with Gasteiger partial charge in [-0.3, -0.25) is 0 Å². The van der Waals surface area contributed by atoms with Gasteiger partial charge in [0.15, 0.2) is 0 Å². The second kappa shape index (κ2) is 11.5. The first-order chi connectivity index (χ1) is 13.1. The summed E-state index contributed by atoms with van der Waals surface area (Å²) in [5, 5.41) is 0. The quantitative estimate of drug-likeness (QED) is 0.375. The fraction of sp³-hybridized carbons (Fsp3) is 0.304. The molecule has 0 bridgehead atoms. The van der Waals surface area contributed by atoms with Crippen LogP contribution in [0, 0.1) is 6.92 Å². The number of hydrogen-bond donors (Lipinski definition) is 0. The van der Waals surface area contributed by atoms with Crippen LogP contribution < -0.4 is 4.74 Å². The maximum absolute atomic E-state index is 12.6. The van der Waals surface area contributed by atoms with Gasteiger partial charge in [-0.1, -0.05) is 48.6 Å². The maximum Gasteiger partial charge on any atom is 0.118 e. The summed E-state index contributed by atoms with van der Waals surface area (Å²) in [6, 6.07) is 15.7. The summed E-state index contributed by atoms with van der Waals surface area (Å²) in [7, 11) is 0.496. The van der Waals surface area contributed by atoms with Gasteiger partial charge in [-0.2, -0.15) is 0 Å². The SMILES string of the molecule is C=C/C(=C/CCCCOCc1ccc(OC)cc1)[S@@](=O)c1ccc(C)cc1. The predicted octanol–water partition coefficient (Wildman–Crippen LogP) is 5.57. The summed E-state index contributed by atoms with van der Waals surface area (Å²) in [4.78, 5) is 1.59. The van der Waals surface area contributed by atoms with Crippen molar-refractivity contribution in [2.75, 3.05) is 13.7 Å². The molecule has 2 rings (SSSR count). The highest BCUT2D eigenvalue weighted by Gasteiger charge is 2.06. The van der Waals surface area contributed by atoms with Gasteiger partial charge in [0.05, 0.1) is 24.5 Å². The van der Waals surface area contributed by atoms with E-state index < -0.39 is 10.8 Å². The lowest BCUT2D eigenvalue weighted by atomic mass is 10.2. The van der Waals surface area contributed by atoms with Crippen LogP contribution in [0.1, 0.15) is 30.4 Å². The zero-order chi connectivity index (χ0) is 19.5. The van der Waals surface area contributed by atoms with E-state index in [1.54, 1.807) is 13.2 Å². The van der Waals surface area contributed by atoms with Gasteiger partial charge >= 0.3 is 0 Å². The third-order valence-electron chi connectivity index (χ3n) is 4.17. The Labute approximate surface area is 165 Å². The zero-order valence-electron chi connectivity index (χ0n) is 16.1. The second-order valence-electron chi connectivity index (χ2n) is 6.29. The van der Waals surface area contributed by atoms with Gasteiger partial charge in [0.2, 0.25) is 0 Å². The number of aryl methyl sites for hydroxylation is 1. The molecule has 2 aromatic rings. The molecule has 0 saturated heterocycles. The molecule has 3 nitrogen and oxygen atoms in total. The Kier molecular flexibility index (Phi) is 9.02. The first-order valence-electron chi connectivity index (χ1n) is 9.15. The van der Waals surface area contributed by atoms with Crippen molar-refractivity contribution in [2.45, 2.75) is 37.7 Å². The van der Waals surface area contributed by atoms with Gasteiger partial charge < -0.3 is 9.47 Å². The lowest BCUT2D eigenvalue weighted by Gasteiger charge is -2.06. The zero-order valence-corrected chi connectivity index (χ0v) is 17.0. The third kappa shape index (κ3) is 7.16. The highest BCUT2D eigenvalue weighted by atomic mass is 32.2. The Morgan fingerprint density at radius 2 is 1.78 bits per heavy atom. The van der Waals surface area contributed by atoms with Gasteiger partial charge in [0, 0.05) is 16.4 Å². The molecule has 27 heavy (non-hydrogen) atoms. The number of allylic oxidation sites excluding steroid dienone is 2. The molecule has 0 radical (unpaired) electrons. The topological polar surface area (TPSA) is 35.5 Å². The minimum Gasteiger partial charge on any atom is -0.497 e. The van der Waals surface area contributed by atoms with Gasteiger partial charge in [-0.15, -0.1) is 0 Å². The lowest BCUT2D eigenvalue weighted by Crippen LogP contribution is -1.96. The van der Waals surface area contributed by atoms with Crippen LogP contribution in [-0.2, 0) is 22.1 Å². The molecule has 0 aliphatic heterocycles. The predicted molar refractivity (Wildman–Crippen MR) is 112 cm³/mol. The molecule has 0 N–H and O–H groups in total. The molecule has 0 heterocycles. The number of hydrogen-bond acceptors (Lipinski definition) is 3. The van der Waals surface area contributed by atoms with Gasteiger partial charge in [-0.25, -0.2) is 4.21 Å². The molecule has 0 spiro atoms. The monoisotopic (exact) mass is 384 g/mol. The fourth-order valence-corrected chi connectivity index (χ4v) is 3.61. The summed E-state index contributed by atoms with van der Waals surface area (Å²) >= 11 is 0. The van der Waals surface area contributed by atoms with Crippen LogP contribution in [0.15, 0.2) is 77.1 Å². The molecule has 2 aromatic carbocycles. The number of rotatable bonds is 11. The Morgan fingerprint density at radius 3 is 2.41 bits per heavy atom. The molecule has 0 aliphatic rings. The molecule has 4 heteroatoms. The van der Waals surface area contributed by atoms with Crippen molar-refractivity contribution in [3.63, 3.8) is 0 Å². The van der Waals surface area contributed by atoms with Crippen molar-refractivity contribution >= 4 is 10.8 Å². The van der Waals surface area contributed by atoms with Crippen LogP contribution >= 0.6 is 0 Å². The summed E-state index contributed by atoms with van der Waals surface area (Å²) in [6.07, 6.45) is 6.53. The van der Waals surface area contributed by atoms with Crippen LogP contribution in [0.25, 0.3) is 0 Å². The van der Waals surface area contributed by atoms with Crippen molar-refractivity contribution in [3.8, 4) is 5.75 Å². The molecule has 0 amide bonds. The summed E-state index contributed by atoms with van der Waals surface area (Å²) < 4.78 is 23.4. The van der Waals surface area contributed by atoms with Crippen LogP contribution in [0.3, 0.4) is 0 Å². The molecule has 0 fully saturated rings. The van der Waals surface area contributed by atoms with Crippen molar-refractivity contribution < 1.29 is 13.7 Å². The van der Waals surface area contributed by atoms with Crippen molar-refractivity contribution in [1.29, 1.82) is 0 Å². The highest BCUT2D eigenvalue weighted by molar-refractivity contribution is 7.89. The van der Waals surface area contributed by atoms with E-state index in [2.05, 4.69) is 6.58 Å². The Bertz CT molecular complexity index is 761. The average Bonchev–Trinajstić information content (AvgIpc) is 2.70. The van der Waals surface area contributed by atoms with E-state index in [0.717, 1.165) is 45.9 Å². The summed E-state index contributed by atoms with van der Waals surface area (Å²) in [6.45, 7) is 7.14. The Morgan fingerprint density at radius 1 is 1.07 bits per heavy atom. The van der Waals surface area contributed by atoms with Crippen LogP contribution in [-0.4, -0.2) is 17.9 Å². The first kappa shape index (κ1) is 21.1. The standard InChI is InChI=1S/C23H28O3S/c1-4-22(27(24)23-15-9-19(2)10-16-23)8-6-5-7-17-26-18-20-11-13-21(25-3)14-12-20/h4,8-16H,1,5-7,17-18H2,2-3H3/b22-8-/t27-/m1/s1. The number of unbranched alkanes of at least 4 members (excludes halogenated alkanes) is 2. The molecule has 144 valence electrons. The Balaban J connectivity index is 1.69. The smallest absolute Gasteiger partial charge is 0.118 e. The van der Waals surface area contributed by atoms with E-state index in [1.807, 2.05) is 61.5 Å². The largest absolute Gasteiger partial charge is 0.497 e. The van der Waals surface area contributed by atoms with Crippen molar-refractivity contribution in [2.24, 2.45) is 0 Å². The van der Waals surface area contributed by atoms with Gasteiger partial charge in [-0.05, 0) is 56.0 Å². The summed E-state index contributed by atoms with van der Waals surface area (Å²) in [5.41, 5.74) is 2.30. The molecule has 0 saturated carbocycles. The van der Waals surface area contributed by atoms with E-state index in [0.29, 0.717) is 13.2 Å². The van der Waals surface area contributed by atoms with Crippen molar-refractivity contribution in [1.82, 2.24) is 0 Å². The molecule has 0 unspecified atom stereocenters. The van der Waals surface area contributed by atoms with Crippen LogP contribution in [0.2, 0.25) is 0 Å². The Hall–Kier alpha value is -2.17. The molecule has 1 atom stereocenters. The molecular formula is C23H28O3S. The normalized spacial score (nSPS) is 12.6. The minimum absolute atomic E-state index is 0.606. The fourth-order valence-electron chi connectivity index (χ4n) is 2.54. The highest BCUT2D eigenvalue weighted by Crippen LogP contribution is 2.17. The van der Waals surface area contributed by atoms with E-state index in [9.17, 15) is 4.21 Å². The molecule has 0 aliphatic carbocycles. The average molecular weight is 385 g/mol. The minimum atomic E-state index is -1.16. The molecular weight excluding hydrogens is 356 g/mol. The number of benzene rings is 2. The molecule has 0 aromatic heterocycles. The van der Waals surface area contributed by atoms with Gasteiger partial charge in [0.25, 0.3) is 0 Å². The van der Waals surface area contributed by atoms with E-state index in [4.69, 9.17) is 9.47 Å². The van der Waals surface area contributed by atoms with Crippen LogP contribution in [0.5, 0.6) is 5.75 Å². The van der Waals surface area contributed by atoms with Crippen molar-refractivity contribution in [3.05, 3.63) is 83.3 Å². The van der Waals surface area contributed by atoms with E-state index in [-0.39, 0.29) is 0 Å². The van der Waals surface area contributed by atoms with E-state index >= 15 is 0 Å². The maximum atomic E-state index is 12.6. The summed E-state index contributed by atoms with van der Waals surface area (Å²) in [5.74, 6) is 0.853. The second-order valence-corrected chi connectivity index (χ2v) is 7.77. The lowest BCUT2D eigenvalue weighted by molar-refractivity contribution is 0.117.